The lowest BCUT2D eigenvalue weighted by Crippen LogP contribution is -2.10. The van der Waals surface area contributed by atoms with Crippen LogP contribution in [0.2, 0.25) is 0 Å². The molecule has 0 bridgehead atoms. The Morgan fingerprint density at radius 1 is 0.778 bits per heavy atom. The number of fused-ring (bicyclic) bond motifs is 1. The fourth-order valence-electron chi connectivity index (χ4n) is 3.94. The number of hydrogen-bond acceptors (Lipinski definition) is 5. The van der Waals surface area contributed by atoms with Gasteiger partial charge >= 0.3 is 0 Å². The summed E-state index contributed by atoms with van der Waals surface area (Å²) in [5.74, 6) is 1.91. The number of carbonyl (C=O) groups is 1. The molecule has 0 radical (unpaired) electrons. The van der Waals surface area contributed by atoms with Crippen molar-refractivity contribution >= 4 is 40.7 Å². The first-order valence-corrected chi connectivity index (χ1v) is 11.3. The SMILES string of the molecule is COc1cccc(/C=C/c2cc(OC)c(OC)c(OC)c2)c1NC(=O)/C=C/c1c[nH]c2ccccc12. The number of aromatic amines is 1. The van der Waals surface area contributed by atoms with Crippen LogP contribution in [0.3, 0.4) is 0 Å². The smallest absolute Gasteiger partial charge is 0.248 e. The summed E-state index contributed by atoms with van der Waals surface area (Å²) in [6.45, 7) is 0. The van der Waals surface area contributed by atoms with E-state index in [0.29, 0.717) is 28.7 Å². The average molecular weight is 485 g/mol. The summed E-state index contributed by atoms with van der Waals surface area (Å²) < 4.78 is 21.8. The molecule has 0 aliphatic heterocycles. The molecule has 7 heteroatoms. The fourth-order valence-corrected chi connectivity index (χ4v) is 3.94. The van der Waals surface area contributed by atoms with E-state index in [9.17, 15) is 4.79 Å². The van der Waals surface area contributed by atoms with Gasteiger partial charge in [0, 0.05) is 28.7 Å². The van der Waals surface area contributed by atoms with Gasteiger partial charge in [0.05, 0.1) is 34.1 Å². The molecule has 4 aromatic rings. The molecular formula is C29H28N2O5. The minimum atomic E-state index is -0.271. The van der Waals surface area contributed by atoms with Crippen LogP contribution in [0.15, 0.2) is 66.9 Å². The van der Waals surface area contributed by atoms with Gasteiger partial charge in [-0.05, 0) is 41.5 Å². The topological polar surface area (TPSA) is 81.8 Å². The molecule has 4 rings (SSSR count). The average Bonchev–Trinajstić information content (AvgIpc) is 3.33. The van der Waals surface area contributed by atoms with Crippen molar-refractivity contribution in [1.29, 1.82) is 0 Å². The van der Waals surface area contributed by atoms with Gasteiger partial charge in [0.25, 0.3) is 0 Å². The number of nitrogens with one attached hydrogen (secondary N) is 2. The summed E-state index contributed by atoms with van der Waals surface area (Å²) in [5, 5.41) is 4.01. The normalized spacial score (nSPS) is 11.2. The number of hydrogen-bond donors (Lipinski definition) is 2. The zero-order valence-electron chi connectivity index (χ0n) is 20.6. The van der Waals surface area contributed by atoms with Crippen LogP contribution in [0.4, 0.5) is 5.69 Å². The number of carbonyl (C=O) groups excluding carboxylic acids is 1. The number of rotatable bonds is 9. The van der Waals surface area contributed by atoms with Crippen molar-refractivity contribution in [1.82, 2.24) is 4.98 Å². The van der Waals surface area contributed by atoms with Crippen molar-refractivity contribution in [2.75, 3.05) is 33.8 Å². The summed E-state index contributed by atoms with van der Waals surface area (Å²) in [6.07, 6.45) is 8.96. The Balaban J connectivity index is 1.60. The molecule has 184 valence electrons. The number of benzene rings is 3. The van der Waals surface area contributed by atoms with Gasteiger partial charge in [-0.15, -0.1) is 0 Å². The zero-order chi connectivity index (χ0) is 25.5. The lowest BCUT2D eigenvalue weighted by molar-refractivity contribution is -0.111. The van der Waals surface area contributed by atoms with E-state index in [1.807, 2.05) is 66.9 Å². The second-order valence-corrected chi connectivity index (χ2v) is 7.83. The Morgan fingerprint density at radius 2 is 1.50 bits per heavy atom. The zero-order valence-corrected chi connectivity index (χ0v) is 20.6. The van der Waals surface area contributed by atoms with Gasteiger partial charge in [0.2, 0.25) is 11.7 Å². The van der Waals surface area contributed by atoms with Crippen molar-refractivity contribution in [3.05, 3.63) is 83.6 Å². The van der Waals surface area contributed by atoms with Crippen LogP contribution in [-0.4, -0.2) is 39.3 Å². The van der Waals surface area contributed by atoms with E-state index in [-0.39, 0.29) is 5.91 Å². The highest BCUT2D eigenvalue weighted by Crippen LogP contribution is 2.39. The van der Waals surface area contributed by atoms with Crippen LogP contribution >= 0.6 is 0 Å². The van der Waals surface area contributed by atoms with E-state index < -0.39 is 0 Å². The first kappa shape index (κ1) is 24.5. The monoisotopic (exact) mass is 484 g/mol. The largest absolute Gasteiger partial charge is 0.495 e. The molecule has 0 fully saturated rings. The van der Waals surface area contributed by atoms with Crippen molar-refractivity contribution in [2.24, 2.45) is 0 Å². The molecule has 1 aromatic heterocycles. The van der Waals surface area contributed by atoms with Crippen molar-refractivity contribution in [2.45, 2.75) is 0 Å². The molecule has 36 heavy (non-hydrogen) atoms. The van der Waals surface area contributed by atoms with E-state index in [2.05, 4.69) is 10.3 Å². The van der Waals surface area contributed by atoms with Gasteiger partial charge in [0.1, 0.15) is 5.75 Å². The third-order valence-electron chi connectivity index (χ3n) is 5.70. The summed E-state index contributed by atoms with van der Waals surface area (Å²) >= 11 is 0. The second kappa shape index (κ2) is 11.2. The molecular weight excluding hydrogens is 456 g/mol. The maximum Gasteiger partial charge on any atom is 0.248 e. The Morgan fingerprint density at radius 3 is 2.19 bits per heavy atom. The third kappa shape index (κ3) is 5.20. The third-order valence-corrected chi connectivity index (χ3v) is 5.70. The Bertz CT molecular complexity index is 1410. The molecule has 3 aromatic carbocycles. The summed E-state index contributed by atoms with van der Waals surface area (Å²) in [6, 6.07) is 17.2. The number of H-pyrrole nitrogens is 1. The molecule has 0 unspecified atom stereocenters. The number of amides is 1. The van der Waals surface area contributed by atoms with E-state index in [0.717, 1.165) is 27.6 Å². The van der Waals surface area contributed by atoms with Crippen molar-refractivity contribution in [3.63, 3.8) is 0 Å². The Hall–Kier alpha value is -4.65. The fraction of sp³-hybridized carbons (Fsp3) is 0.138. The van der Waals surface area contributed by atoms with Gasteiger partial charge in [-0.2, -0.15) is 0 Å². The quantitative estimate of drug-likeness (QED) is 0.224. The molecule has 0 saturated heterocycles. The molecule has 7 nitrogen and oxygen atoms in total. The number of para-hydroxylation sites is 2. The van der Waals surface area contributed by atoms with Crippen LogP contribution in [0.25, 0.3) is 29.1 Å². The van der Waals surface area contributed by atoms with E-state index in [1.165, 1.54) is 6.08 Å². The van der Waals surface area contributed by atoms with Crippen LogP contribution < -0.4 is 24.3 Å². The predicted molar refractivity (Wildman–Crippen MR) is 144 cm³/mol. The highest BCUT2D eigenvalue weighted by Gasteiger charge is 2.13. The van der Waals surface area contributed by atoms with Crippen LogP contribution in [0.1, 0.15) is 16.7 Å². The minimum absolute atomic E-state index is 0.271. The minimum Gasteiger partial charge on any atom is -0.495 e. The van der Waals surface area contributed by atoms with Gasteiger partial charge < -0.3 is 29.2 Å². The maximum absolute atomic E-state index is 12.8. The number of methoxy groups -OCH3 is 4. The van der Waals surface area contributed by atoms with Crippen LogP contribution in [0, 0.1) is 0 Å². The molecule has 2 N–H and O–H groups in total. The second-order valence-electron chi connectivity index (χ2n) is 7.83. The molecule has 0 spiro atoms. The number of ether oxygens (including phenoxy) is 4. The van der Waals surface area contributed by atoms with Crippen molar-refractivity contribution < 1.29 is 23.7 Å². The van der Waals surface area contributed by atoms with Crippen molar-refractivity contribution in [3.8, 4) is 23.0 Å². The lowest BCUT2D eigenvalue weighted by atomic mass is 10.1. The van der Waals surface area contributed by atoms with Crippen LogP contribution in [-0.2, 0) is 4.79 Å². The predicted octanol–water partition coefficient (Wildman–Crippen LogP) is 6.02. The van der Waals surface area contributed by atoms with Gasteiger partial charge in [0.15, 0.2) is 11.5 Å². The molecule has 0 aliphatic carbocycles. The standard InChI is InChI=1S/C29H28N2O5/c1-33-24-11-7-8-20(13-12-19-16-25(34-2)29(36-4)26(17-19)35-3)28(24)31-27(32)15-14-21-18-30-23-10-6-5-9-22(21)23/h5-18,30H,1-4H3,(H,31,32)/b13-12+,15-14+. The first-order valence-electron chi connectivity index (χ1n) is 11.3. The molecule has 1 amide bonds. The molecule has 1 heterocycles. The first-order chi connectivity index (χ1) is 17.6. The number of anilines is 1. The highest BCUT2D eigenvalue weighted by molar-refractivity contribution is 6.05. The molecule has 0 aliphatic rings. The highest BCUT2D eigenvalue weighted by atomic mass is 16.5. The van der Waals surface area contributed by atoms with E-state index in [1.54, 1.807) is 40.6 Å². The van der Waals surface area contributed by atoms with E-state index in [4.69, 9.17) is 18.9 Å². The number of aromatic nitrogens is 1. The molecule has 0 saturated carbocycles. The van der Waals surface area contributed by atoms with Gasteiger partial charge in [-0.3, -0.25) is 4.79 Å². The van der Waals surface area contributed by atoms with Gasteiger partial charge in [-0.25, -0.2) is 0 Å². The maximum atomic E-state index is 12.8. The van der Waals surface area contributed by atoms with Crippen LogP contribution in [0.5, 0.6) is 23.0 Å². The molecule has 0 atom stereocenters. The summed E-state index contributed by atoms with van der Waals surface area (Å²) in [5.41, 5.74) is 4.13. The Labute approximate surface area is 210 Å². The Kier molecular flexibility index (Phi) is 7.60. The van der Waals surface area contributed by atoms with Gasteiger partial charge in [-0.1, -0.05) is 42.5 Å². The van der Waals surface area contributed by atoms with E-state index >= 15 is 0 Å². The summed E-state index contributed by atoms with van der Waals surface area (Å²) in [4.78, 5) is 16.0. The summed E-state index contributed by atoms with van der Waals surface area (Å²) in [7, 11) is 6.28. The lowest BCUT2D eigenvalue weighted by Gasteiger charge is -2.13.